The van der Waals surface area contributed by atoms with Crippen LogP contribution in [0.15, 0.2) is 0 Å². The maximum absolute atomic E-state index is 11.2. The topological polar surface area (TPSA) is 66.3 Å². The fourth-order valence-electron chi connectivity index (χ4n) is 1.99. The number of anilines is 1. The number of piperidine rings is 1. The number of nitrogens with zero attached hydrogens (tertiary/aromatic N) is 3. The van der Waals surface area contributed by atoms with Crippen LogP contribution >= 0.6 is 11.3 Å². The van der Waals surface area contributed by atoms with E-state index in [0.29, 0.717) is 6.54 Å². The number of aromatic nitrogens is 2. The molecule has 1 aliphatic heterocycles. The third-order valence-electron chi connectivity index (χ3n) is 3.00. The molecular formula is C10H15N3O2S. The first kappa shape index (κ1) is 11.3. The minimum Gasteiger partial charge on any atom is -0.481 e. The van der Waals surface area contributed by atoms with Crippen LogP contribution < -0.4 is 4.90 Å². The molecular weight excluding hydrogens is 226 g/mol. The van der Waals surface area contributed by atoms with Crippen LogP contribution in [0.3, 0.4) is 0 Å². The quantitative estimate of drug-likeness (QED) is 0.850. The zero-order valence-electron chi connectivity index (χ0n) is 9.43. The Labute approximate surface area is 98.1 Å². The van der Waals surface area contributed by atoms with Gasteiger partial charge in [0.2, 0.25) is 5.13 Å². The summed E-state index contributed by atoms with van der Waals surface area (Å²) in [5.74, 6) is -0.724. The summed E-state index contributed by atoms with van der Waals surface area (Å²) in [7, 11) is 0. The first-order valence-corrected chi connectivity index (χ1v) is 6.11. The molecule has 0 radical (unpaired) electrons. The Hall–Kier alpha value is -1.17. The van der Waals surface area contributed by atoms with Gasteiger partial charge in [-0.15, -0.1) is 10.2 Å². The zero-order chi connectivity index (χ0) is 11.8. The van der Waals surface area contributed by atoms with Gasteiger partial charge in [0.15, 0.2) is 0 Å². The first-order valence-electron chi connectivity index (χ1n) is 5.30. The van der Waals surface area contributed by atoms with Gasteiger partial charge in [0, 0.05) is 13.1 Å². The molecule has 1 unspecified atom stereocenters. The van der Waals surface area contributed by atoms with Gasteiger partial charge in [0.05, 0.1) is 5.41 Å². The molecule has 0 spiro atoms. The molecule has 1 atom stereocenters. The Bertz CT molecular complexity index is 407. The largest absolute Gasteiger partial charge is 0.481 e. The van der Waals surface area contributed by atoms with Crippen molar-refractivity contribution >= 4 is 22.4 Å². The highest BCUT2D eigenvalue weighted by atomic mass is 32.1. The number of aliphatic carboxylic acids is 1. The monoisotopic (exact) mass is 241 g/mol. The SMILES string of the molecule is Cc1nnc(N2CCCC(C)(C(=O)O)C2)s1. The van der Waals surface area contributed by atoms with E-state index in [-0.39, 0.29) is 0 Å². The number of hydrogen-bond donors (Lipinski definition) is 1. The lowest BCUT2D eigenvalue weighted by Gasteiger charge is -2.37. The smallest absolute Gasteiger partial charge is 0.311 e. The summed E-state index contributed by atoms with van der Waals surface area (Å²) in [6.07, 6.45) is 1.62. The summed E-state index contributed by atoms with van der Waals surface area (Å²) in [6.45, 7) is 5.10. The highest BCUT2D eigenvalue weighted by molar-refractivity contribution is 7.15. The van der Waals surface area contributed by atoms with E-state index in [1.165, 1.54) is 11.3 Å². The van der Waals surface area contributed by atoms with E-state index in [0.717, 1.165) is 29.5 Å². The maximum Gasteiger partial charge on any atom is 0.311 e. The van der Waals surface area contributed by atoms with Crippen molar-refractivity contribution in [3.63, 3.8) is 0 Å². The summed E-state index contributed by atoms with van der Waals surface area (Å²) in [5, 5.41) is 19.0. The minimum atomic E-state index is -0.724. The van der Waals surface area contributed by atoms with Crippen LogP contribution in [-0.2, 0) is 4.79 Å². The van der Waals surface area contributed by atoms with Crippen molar-refractivity contribution < 1.29 is 9.90 Å². The van der Waals surface area contributed by atoms with E-state index in [9.17, 15) is 9.90 Å². The fraction of sp³-hybridized carbons (Fsp3) is 0.700. The molecule has 16 heavy (non-hydrogen) atoms. The van der Waals surface area contributed by atoms with Gasteiger partial charge in [-0.2, -0.15) is 0 Å². The molecule has 1 fully saturated rings. The molecule has 5 nitrogen and oxygen atoms in total. The molecule has 2 rings (SSSR count). The van der Waals surface area contributed by atoms with Gasteiger partial charge in [-0.05, 0) is 26.7 Å². The van der Waals surface area contributed by atoms with Gasteiger partial charge in [-0.25, -0.2) is 0 Å². The van der Waals surface area contributed by atoms with Crippen molar-refractivity contribution in [1.82, 2.24) is 10.2 Å². The Kier molecular flexibility index (Phi) is 2.84. The van der Waals surface area contributed by atoms with Crippen molar-refractivity contribution in [1.29, 1.82) is 0 Å². The zero-order valence-corrected chi connectivity index (χ0v) is 10.3. The van der Waals surface area contributed by atoms with Gasteiger partial charge in [0.25, 0.3) is 0 Å². The third kappa shape index (κ3) is 2.02. The average Bonchev–Trinajstić information content (AvgIpc) is 2.65. The number of rotatable bonds is 2. The summed E-state index contributed by atoms with van der Waals surface area (Å²) >= 11 is 1.52. The number of carbonyl (C=O) groups is 1. The fourth-order valence-corrected chi connectivity index (χ4v) is 2.70. The lowest BCUT2D eigenvalue weighted by atomic mass is 9.82. The highest BCUT2D eigenvalue weighted by Crippen LogP contribution is 2.33. The molecule has 1 saturated heterocycles. The Balaban J connectivity index is 2.16. The Morgan fingerprint density at radius 2 is 2.31 bits per heavy atom. The number of carboxylic acid groups (broad SMARTS) is 1. The van der Waals surface area contributed by atoms with Gasteiger partial charge < -0.3 is 10.0 Å². The second-order valence-electron chi connectivity index (χ2n) is 4.49. The van der Waals surface area contributed by atoms with Crippen molar-refractivity contribution in [3.05, 3.63) is 5.01 Å². The average molecular weight is 241 g/mol. The number of hydrogen-bond acceptors (Lipinski definition) is 5. The van der Waals surface area contributed by atoms with Crippen LogP contribution in [0.25, 0.3) is 0 Å². The third-order valence-corrected chi connectivity index (χ3v) is 3.90. The second-order valence-corrected chi connectivity index (χ2v) is 5.65. The minimum absolute atomic E-state index is 0.525. The summed E-state index contributed by atoms with van der Waals surface area (Å²) in [6, 6.07) is 0. The number of carboxylic acids is 1. The highest BCUT2D eigenvalue weighted by Gasteiger charge is 2.38. The molecule has 1 aromatic rings. The lowest BCUT2D eigenvalue weighted by Crippen LogP contribution is -2.46. The Morgan fingerprint density at radius 3 is 2.88 bits per heavy atom. The predicted octanol–water partition coefficient (Wildman–Crippen LogP) is 1.54. The molecule has 1 aliphatic rings. The molecule has 0 aromatic carbocycles. The van der Waals surface area contributed by atoms with E-state index < -0.39 is 11.4 Å². The molecule has 0 aliphatic carbocycles. The van der Waals surface area contributed by atoms with E-state index >= 15 is 0 Å². The predicted molar refractivity (Wildman–Crippen MR) is 61.8 cm³/mol. The van der Waals surface area contributed by atoms with E-state index in [1.807, 2.05) is 11.8 Å². The van der Waals surface area contributed by atoms with Gasteiger partial charge in [0.1, 0.15) is 5.01 Å². The number of aryl methyl sites for hydroxylation is 1. The van der Waals surface area contributed by atoms with Crippen LogP contribution in [0.2, 0.25) is 0 Å². The van der Waals surface area contributed by atoms with Gasteiger partial charge >= 0.3 is 5.97 Å². The molecule has 0 saturated carbocycles. The van der Waals surface area contributed by atoms with Crippen LogP contribution in [0.1, 0.15) is 24.8 Å². The second kappa shape index (κ2) is 4.01. The molecule has 1 N–H and O–H groups in total. The molecule has 88 valence electrons. The van der Waals surface area contributed by atoms with Crippen molar-refractivity contribution in [2.75, 3.05) is 18.0 Å². The maximum atomic E-state index is 11.2. The molecule has 0 bridgehead atoms. The van der Waals surface area contributed by atoms with Gasteiger partial charge in [-0.3, -0.25) is 4.79 Å². The van der Waals surface area contributed by atoms with E-state index in [2.05, 4.69) is 10.2 Å². The van der Waals surface area contributed by atoms with Crippen molar-refractivity contribution in [3.8, 4) is 0 Å². The standard InChI is InChI=1S/C10H15N3O2S/c1-7-11-12-9(16-7)13-5-3-4-10(2,6-13)8(14)15/h3-6H2,1-2H3,(H,14,15). The van der Waals surface area contributed by atoms with E-state index in [1.54, 1.807) is 6.92 Å². The van der Waals surface area contributed by atoms with Crippen LogP contribution in [0.5, 0.6) is 0 Å². The van der Waals surface area contributed by atoms with Crippen LogP contribution in [-0.4, -0.2) is 34.4 Å². The van der Waals surface area contributed by atoms with Crippen molar-refractivity contribution in [2.24, 2.45) is 5.41 Å². The van der Waals surface area contributed by atoms with Gasteiger partial charge in [-0.1, -0.05) is 11.3 Å². The summed E-state index contributed by atoms with van der Waals surface area (Å²) in [5.41, 5.74) is -0.655. The lowest BCUT2D eigenvalue weighted by molar-refractivity contribution is -0.148. The Morgan fingerprint density at radius 1 is 1.56 bits per heavy atom. The molecule has 0 amide bonds. The van der Waals surface area contributed by atoms with Crippen molar-refractivity contribution in [2.45, 2.75) is 26.7 Å². The first-order chi connectivity index (χ1) is 7.51. The van der Waals surface area contributed by atoms with E-state index in [4.69, 9.17) is 0 Å². The van der Waals surface area contributed by atoms with Crippen LogP contribution in [0, 0.1) is 12.3 Å². The molecule has 6 heteroatoms. The van der Waals surface area contributed by atoms with Crippen LogP contribution in [0.4, 0.5) is 5.13 Å². The summed E-state index contributed by atoms with van der Waals surface area (Å²) < 4.78 is 0. The molecule has 1 aromatic heterocycles. The molecule has 2 heterocycles. The normalized spacial score (nSPS) is 25.8. The summed E-state index contributed by atoms with van der Waals surface area (Å²) in [4.78, 5) is 13.2.